The topological polar surface area (TPSA) is 74.2 Å². The molecule has 0 spiro atoms. The van der Waals surface area contributed by atoms with E-state index in [1.54, 1.807) is 13.0 Å². The minimum absolute atomic E-state index is 0.147. The van der Waals surface area contributed by atoms with Crippen LogP contribution >= 0.6 is 0 Å². The lowest BCUT2D eigenvalue weighted by Gasteiger charge is -2.27. The molecule has 2 amide bonds. The lowest BCUT2D eigenvalue weighted by Crippen LogP contribution is -2.38. The maximum atomic E-state index is 12.4. The van der Waals surface area contributed by atoms with E-state index in [-0.39, 0.29) is 6.03 Å². The van der Waals surface area contributed by atoms with Gasteiger partial charge in [-0.3, -0.25) is 5.32 Å². The highest BCUT2D eigenvalue weighted by molar-refractivity contribution is 5.90. The third kappa shape index (κ3) is 2.46. The number of fused-ring (bicyclic) bond motifs is 3. The Hall–Kier alpha value is -2.76. The van der Waals surface area contributed by atoms with E-state index >= 15 is 0 Å². The summed E-state index contributed by atoms with van der Waals surface area (Å²) in [5.74, 6) is 1.13. The first-order valence-corrected chi connectivity index (χ1v) is 7.69. The fourth-order valence-corrected chi connectivity index (χ4v) is 3.12. The van der Waals surface area contributed by atoms with Crippen LogP contribution in [0.1, 0.15) is 22.6 Å². The number of nitrogens with zero attached hydrogens (tertiary/aromatic N) is 2. The van der Waals surface area contributed by atoms with Gasteiger partial charge in [0, 0.05) is 47.7 Å². The van der Waals surface area contributed by atoms with Crippen LogP contribution in [-0.4, -0.2) is 27.6 Å². The summed E-state index contributed by atoms with van der Waals surface area (Å²) in [6.07, 6.45) is 0.828. The Balaban J connectivity index is 1.59. The normalized spacial score (nSPS) is 14.1. The zero-order chi connectivity index (χ0) is 16.0. The van der Waals surface area contributed by atoms with Crippen molar-refractivity contribution in [2.45, 2.75) is 26.8 Å². The van der Waals surface area contributed by atoms with Gasteiger partial charge in [0.25, 0.3) is 0 Å². The van der Waals surface area contributed by atoms with Crippen molar-refractivity contribution < 1.29 is 9.32 Å². The van der Waals surface area contributed by atoms with Crippen LogP contribution in [0.2, 0.25) is 0 Å². The number of hydrogen-bond acceptors (Lipinski definition) is 3. The number of carbonyl (C=O) groups excluding carboxylic acids is 1. The van der Waals surface area contributed by atoms with Gasteiger partial charge in [0.05, 0.1) is 0 Å². The number of amides is 2. The lowest BCUT2D eigenvalue weighted by molar-refractivity contribution is 0.206. The van der Waals surface area contributed by atoms with Crippen LogP contribution in [0.5, 0.6) is 0 Å². The van der Waals surface area contributed by atoms with Crippen LogP contribution in [0, 0.1) is 13.8 Å². The summed E-state index contributed by atoms with van der Waals surface area (Å²) in [5, 5.41) is 7.80. The molecule has 1 aliphatic heterocycles. The van der Waals surface area contributed by atoms with Gasteiger partial charge in [-0.25, -0.2) is 4.79 Å². The first-order valence-electron chi connectivity index (χ1n) is 7.69. The van der Waals surface area contributed by atoms with Crippen LogP contribution in [0.3, 0.4) is 0 Å². The Morgan fingerprint density at radius 1 is 1.35 bits per heavy atom. The molecule has 118 valence electrons. The Morgan fingerprint density at radius 2 is 2.22 bits per heavy atom. The minimum atomic E-state index is -0.147. The van der Waals surface area contributed by atoms with Crippen LogP contribution in [-0.2, 0) is 13.0 Å². The highest BCUT2D eigenvalue weighted by atomic mass is 16.5. The maximum Gasteiger partial charge on any atom is 0.323 e. The van der Waals surface area contributed by atoms with Crippen molar-refractivity contribution in [1.29, 1.82) is 0 Å². The number of carbonyl (C=O) groups is 1. The first-order chi connectivity index (χ1) is 11.1. The average molecular weight is 310 g/mol. The highest BCUT2D eigenvalue weighted by Crippen LogP contribution is 2.28. The molecule has 0 saturated heterocycles. The number of nitrogens with one attached hydrogen (secondary N) is 2. The zero-order valence-corrected chi connectivity index (χ0v) is 13.1. The second kappa shape index (κ2) is 5.15. The lowest BCUT2D eigenvalue weighted by atomic mass is 10.0. The molecule has 0 atom stereocenters. The van der Waals surface area contributed by atoms with Gasteiger partial charge in [-0.2, -0.15) is 0 Å². The van der Waals surface area contributed by atoms with Crippen molar-refractivity contribution in [1.82, 2.24) is 15.0 Å². The predicted molar refractivity (Wildman–Crippen MR) is 87.4 cm³/mol. The van der Waals surface area contributed by atoms with Gasteiger partial charge in [-0.05, 0) is 26.0 Å². The minimum Gasteiger partial charge on any atom is -0.360 e. The fourth-order valence-electron chi connectivity index (χ4n) is 3.12. The van der Waals surface area contributed by atoms with Gasteiger partial charge < -0.3 is 14.4 Å². The van der Waals surface area contributed by atoms with E-state index in [4.69, 9.17) is 4.52 Å². The number of benzene rings is 1. The number of urea groups is 1. The van der Waals surface area contributed by atoms with Gasteiger partial charge in [0.15, 0.2) is 5.82 Å². The van der Waals surface area contributed by atoms with Crippen LogP contribution < -0.4 is 5.32 Å². The van der Waals surface area contributed by atoms with Gasteiger partial charge in [-0.15, -0.1) is 0 Å². The van der Waals surface area contributed by atoms with Crippen LogP contribution in [0.4, 0.5) is 10.6 Å². The van der Waals surface area contributed by atoms with E-state index in [0.29, 0.717) is 24.7 Å². The SMILES string of the molecule is Cc1ccc2[nH]c3c(c2c1)CN(C(=O)Nc1cc(C)on1)CC3. The van der Waals surface area contributed by atoms with Crippen molar-refractivity contribution in [3.63, 3.8) is 0 Å². The fraction of sp³-hybridized carbons (Fsp3) is 0.294. The number of aromatic nitrogens is 2. The molecule has 4 rings (SSSR count). The molecule has 1 aromatic carbocycles. The highest BCUT2D eigenvalue weighted by Gasteiger charge is 2.24. The summed E-state index contributed by atoms with van der Waals surface area (Å²) in [4.78, 5) is 17.7. The van der Waals surface area contributed by atoms with Gasteiger partial charge in [0.1, 0.15) is 5.76 Å². The number of rotatable bonds is 1. The molecule has 2 N–H and O–H groups in total. The monoisotopic (exact) mass is 310 g/mol. The molecular formula is C17H18N4O2. The van der Waals surface area contributed by atoms with Crippen LogP contribution in [0.15, 0.2) is 28.8 Å². The average Bonchev–Trinajstić information content (AvgIpc) is 3.10. The summed E-state index contributed by atoms with van der Waals surface area (Å²) < 4.78 is 4.98. The summed E-state index contributed by atoms with van der Waals surface area (Å²) in [6.45, 7) is 5.16. The quantitative estimate of drug-likeness (QED) is 0.723. The number of H-pyrrole nitrogens is 1. The molecule has 0 bridgehead atoms. The molecule has 3 aromatic rings. The van der Waals surface area contributed by atoms with E-state index in [2.05, 4.69) is 40.6 Å². The Labute approximate surface area is 133 Å². The largest absolute Gasteiger partial charge is 0.360 e. The van der Waals surface area contributed by atoms with E-state index in [9.17, 15) is 4.79 Å². The molecule has 0 saturated carbocycles. The summed E-state index contributed by atoms with van der Waals surface area (Å²) in [7, 11) is 0. The molecule has 0 radical (unpaired) electrons. The van der Waals surface area contributed by atoms with E-state index in [1.165, 1.54) is 22.2 Å². The van der Waals surface area contributed by atoms with Gasteiger partial charge in [-0.1, -0.05) is 16.8 Å². The third-order valence-electron chi connectivity index (χ3n) is 4.28. The molecule has 3 heterocycles. The van der Waals surface area contributed by atoms with E-state index in [1.807, 2.05) is 4.90 Å². The second-order valence-electron chi connectivity index (χ2n) is 6.06. The molecule has 0 aliphatic carbocycles. The molecule has 6 heteroatoms. The number of aromatic amines is 1. The molecule has 1 aliphatic rings. The van der Waals surface area contributed by atoms with Crippen molar-refractivity contribution in [2.75, 3.05) is 11.9 Å². The Kier molecular flexibility index (Phi) is 3.11. The summed E-state index contributed by atoms with van der Waals surface area (Å²) in [6, 6.07) is 7.94. The van der Waals surface area contributed by atoms with Crippen LogP contribution in [0.25, 0.3) is 10.9 Å². The molecule has 23 heavy (non-hydrogen) atoms. The third-order valence-corrected chi connectivity index (χ3v) is 4.28. The smallest absolute Gasteiger partial charge is 0.323 e. The van der Waals surface area contributed by atoms with Crippen molar-refractivity contribution in [2.24, 2.45) is 0 Å². The first kappa shape index (κ1) is 13.9. The standard InChI is InChI=1S/C17H18N4O2/c1-10-3-4-14-12(7-10)13-9-21(6-5-15(13)18-14)17(22)19-16-8-11(2)23-20-16/h3-4,7-8,18H,5-6,9H2,1-2H3,(H,19,20,22). The second-order valence-corrected chi connectivity index (χ2v) is 6.06. The number of hydrogen-bond donors (Lipinski definition) is 2. The molecule has 0 fully saturated rings. The van der Waals surface area contributed by atoms with E-state index < -0.39 is 0 Å². The molecule has 6 nitrogen and oxygen atoms in total. The predicted octanol–water partition coefficient (Wildman–Crippen LogP) is 3.36. The van der Waals surface area contributed by atoms with Gasteiger partial charge in [0.2, 0.25) is 0 Å². The maximum absolute atomic E-state index is 12.4. The molecule has 2 aromatic heterocycles. The number of aryl methyl sites for hydroxylation is 2. The molecular weight excluding hydrogens is 292 g/mol. The number of anilines is 1. The van der Waals surface area contributed by atoms with Crippen molar-refractivity contribution in [3.05, 3.63) is 46.8 Å². The molecule has 0 unspecified atom stereocenters. The Bertz CT molecular complexity index is 893. The van der Waals surface area contributed by atoms with Crippen molar-refractivity contribution in [3.8, 4) is 0 Å². The Morgan fingerprint density at radius 3 is 3.00 bits per heavy atom. The van der Waals surface area contributed by atoms with E-state index in [0.717, 1.165) is 11.9 Å². The van der Waals surface area contributed by atoms with Crippen molar-refractivity contribution >= 4 is 22.8 Å². The zero-order valence-electron chi connectivity index (χ0n) is 13.1. The van der Waals surface area contributed by atoms with Gasteiger partial charge >= 0.3 is 6.03 Å². The summed E-state index contributed by atoms with van der Waals surface area (Å²) in [5.41, 5.74) is 4.79. The summed E-state index contributed by atoms with van der Waals surface area (Å²) >= 11 is 0.